The highest BCUT2D eigenvalue weighted by Gasteiger charge is 2.74. The Bertz CT molecular complexity index is 1650. The lowest BCUT2D eigenvalue weighted by atomic mass is 9.32. The second kappa shape index (κ2) is 11.7. The maximum Gasteiger partial charge on any atom is 0.317 e. The third kappa shape index (κ3) is 4.81. The first-order valence-corrected chi connectivity index (χ1v) is 20.1. The Morgan fingerprint density at radius 2 is 1.63 bits per heavy atom. The van der Waals surface area contributed by atoms with Crippen LogP contribution in [0.1, 0.15) is 116 Å². The van der Waals surface area contributed by atoms with Crippen molar-refractivity contribution in [3.05, 3.63) is 53.6 Å². The van der Waals surface area contributed by atoms with Crippen molar-refractivity contribution in [2.24, 2.45) is 56.7 Å². The predicted octanol–water partition coefficient (Wildman–Crippen LogP) is 7.96. The van der Waals surface area contributed by atoms with E-state index in [1.807, 2.05) is 43.0 Å². The molecule has 1 unspecified atom stereocenters. The molecule has 0 aliphatic heterocycles. The average molecular weight is 699 g/mol. The smallest absolute Gasteiger partial charge is 0.317 e. The number of ketones is 1. The summed E-state index contributed by atoms with van der Waals surface area (Å²) >= 11 is 0. The number of ether oxygens (including phenoxy) is 1. The topological polar surface area (TPSA) is 99.1 Å². The lowest BCUT2D eigenvalue weighted by Gasteiger charge is -2.71. The Morgan fingerprint density at radius 3 is 2.29 bits per heavy atom. The number of rotatable bonds is 8. The van der Waals surface area contributed by atoms with E-state index in [1.165, 1.54) is 12.8 Å². The molecule has 0 aromatic heterocycles. The van der Waals surface area contributed by atoms with Gasteiger partial charge in [-0.3, -0.25) is 4.79 Å². The van der Waals surface area contributed by atoms with Gasteiger partial charge in [0, 0.05) is 40.0 Å². The maximum atomic E-state index is 14.9. The molecule has 10 rings (SSSR count). The molecule has 2 spiro atoms. The lowest BCUT2D eigenvalue weighted by molar-refractivity contribution is -0.176. The highest BCUT2D eigenvalue weighted by molar-refractivity contribution is 6.10. The molecule has 7 nitrogen and oxygen atoms in total. The predicted molar refractivity (Wildman–Crippen MR) is 199 cm³/mol. The highest BCUT2D eigenvalue weighted by atomic mass is 16.5. The largest absolute Gasteiger partial charge is 0.497 e. The van der Waals surface area contributed by atoms with Crippen LogP contribution in [0.2, 0.25) is 0 Å². The summed E-state index contributed by atoms with van der Waals surface area (Å²) in [5.74, 6) is 2.87. The number of hydrogen-bond acceptors (Lipinski definition) is 5. The van der Waals surface area contributed by atoms with Crippen molar-refractivity contribution in [2.45, 2.75) is 123 Å². The number of nitrogens with one attached hydrogen (secondary N) is 1. The standard InChI is InChI=1S/C44H62N2O5/c1-27(2)45-38(49)46(25-29-8-11-30-22-33(29)39(30,3)4)26-43(50)19-16-36-41(43,6)18-15-35-40(5)17-14-31(47)23-42(40)20-21-44(35,36)34(24-42)37(48)28-9-12-32(51-7)13-10-28/h9-10,12-13,20-21,24,27,29-31,33,35-36,47,50H,8,11,14-19,22-23,25-26H2,1-7H3,(H,45,49)/t29-,30-,31?,33-,35+,36+,40+,41-,42-,43+,44+/m0/s1. The number of carbonyl (C=O) groups is 2. The second-order valence-corrected chi connectivity index (χ2v) is 19.6. The number of amides is 2. The average Bonchev–Trinajstić information content (AvgIpc) is 3.37. The first-order chi connectivity index (χ1) is 24.0. The first-order valence-electron chi connectivity index (χ1n) is 20.1. The van der Waals surface area contributed by atoms with E-state index in [9.17, 15) is 19.8 Å². The number of Topliss-reactive ketones (excluding diaryl/α,β-unsaturated/α-hetero) is 1. The van der Waals surface area contributed by atoms with Crippen LogP contribution in [0.4, 0.5) is 4.79 Å². The summed E-state index contributed by atoms with van der Waals surface area (Å²) in [4.78, 5) is 30.9. The van der Waals surface area contributed by atoms with Gasteiger partial charge < -0.3 is 25.2 Å². The number of fused-ring (bicyclic) bond motifs is 3. The fraction of sp³-hybridized carbons (Fsp3) is 0.727. The van der Waals surface area contributed by atoms with E-state index in [0.717, 1.165) is 50.0 Å². The van der Waals surface area contributed by atoms with Crippen molar-refractivity contribution in [3.63, 3.8) is 0 Å². The van der Waals surface area contributed by atoms with Gasteiger partial charge >= 0.3 is 6.03 Å². The van der Waals surface area contributed by atoms with Crippen molar-refractivity contribution in [1.82, 2.24) is 10.2 Å². The molecule has 2 amide bonds. The summed E-state index contributed by atoms with van der Waals surface area (Å²) in [6.07, 6.45) is 15.7. The Labute approximate surface area is 305 Å². The van der Waals surface area contributed by atoms with E-state index in [-0.39, 0.29) is 40.5 Å². The van der Waals surface area contributed by atoms with Gasteiger partial charge in [0.2, 0.25) is 0 Å². The van der Waals surface area contributed by atoms with Gasteiger partial charge in [0.1, 0.15) is 5.75 Å². The minimum Gasteiger partial charge on any atom is -0.497 e. The van der Waals surface area contributed by atoms with E-state index in [1.54, 1.807) is 7.11 Å². The molecular formula is C44H62N2O5. The van der Waals surface area contributed by atoms with Gasteiger partial charge in [-0.1, -0.05) is 45.9 Å². The first kappa shape index (κ1) is 35.4. The number of nitrogens with zero attached hydrogens (tertiary/aromatic N) is 1. The Hall–Kier alpha value is -2.64. The zero-order chi connectivity index (χ0) is 36.4. The molecule has 51 heavy (non-hydrogen) atoms. The molecule has 278 valence electrons. The lowest BCUT2D eigenvalue weighted by Crippen LogP contribution is -2.67. The van der Waals surface area contributed by atoms with Crippen molar-refractivity contribution >= 4 is 11.8 Å². The third-order valence-electron chi connectivity index (χ3n) is 16.9. The normalized spacial score (nSPS) is 44.1. The molecular weight excluding hydrogens is 636 g/mol. The molecule has 0 heterocycles. The number of aliphatic hydroxyl groups is 2. The van der Waals surface area contributed by atoms with Gasteiger partial charge in [0.15, 0.2) is 5.78 Å². The molecule has 3 N–H and O–H groups in total. The molecule has 1 aromatic carbocycles. The van der Waals surface area contributed by atoms with Crippen LogP contribution in [0.5, 0.6) is 5.75 Å². The fourth-order valence-electron chi connectivity index (χ4n) is 13.8. The zero-order valence-electron chi connectivity index (χ0n) is 32.1. The highest BCUT2D eigenvalue weighted by Crippen LogP contribution is 2.78. The van der Waals surface area contributed by atoms with Crippen LogP contribution < -0.4 is 10.1 Å². The summed E-state index contributed by atoms with van der Waals surface area (Å²) in [5.41, 5.74) is -0.778. The number of hydrogen-bond donors (Lipinski definition) is 3. The molecule has 6 fully saturated rings. The van der Waals surface area contributed by atoms with Crippen LogP contribution in [-0.4, -0.2) is 64.9 Å². The van der Waals surface area contributed by atoms with E-state index >= 15 is 0 Å². The quantitative estimate of drug-likeness (QED) is 0.189. The summed E-state index contributed by atoms with van der Waals surface area (Å²) in [6, 6.07) is 7.41. The molecule has 6 saturated carbocycles. The molecule has 4 bridgehead atoms. The van der Waals surface area contributed by atoms with Gasteiger partial charge in [-0.15, -0.1) is 0 Å². The zero-order valence-corrected chi connectivity index (χ0v) is 32.1. The van der Waals surface area contributed by atoms with Gasteiger partial charge in [-0.2, -0.15) is 0 Å². The minimum absolute atomic E-state index is 0.00747. The second-order valence-electron chi connectivity index (χ2n) is 19.6. The molecule has 1 aromatic rings. The van der Waals surface area contributed by atoms with Gasteiger partial charge in [-0.05, 0) is 143 Å². The third-order valence-corrected chi connectivity index (χ3v) is 16.9. The molecule has 9 aliphatic rings. The van der Waals surface area contributed by atoms with E-state index in [4.69, 9.17) is 4.74 Å². The number of allylic oxidation sites excluding steroid dienone is 4. The van der Waals surface area contributed by atoms with E-state index < -0.39 is 22.5 Å². The van der Waals surface area contributed by atoms with E-state index in [0.29, 0.717) is 54.5 Å². The summed E-state index contributed by atoms with van der Waals surface area (Å²) in [5, 5.41) is 27.4. The molecule has 0 saturated heterocycles. The Kier molecular flexibility index (Phi) is 8.10. The SMILES string of the molecule is COc1ccc(C(=O)C2=C[C@@]34C=C[C@@]25[C@@H]2CC[C@@](O)(CN(C[C@@H]6CC[C@H]7C[C@@H]6C7(C)C)C(=O)NC(C)C)[C@@]2(C)CC[C@@H]5[C@@]3(C)CCC(O)C4)cc1. The van der Waals surface area contributed by atoms with Crippen LogP contribution in [0.3, 0.4) is 0 Å². The van der Waals surface area contributed by atoms with Crippen molar-refractivity contribution in [3.8, 4) is 5.75 Å². The van der Waals surface area contributed by atoms with Crippen LogP contribution in [0.25, 0.3) is 0 Å². The molecule has 7 heteroatoms. The Balaban J connectivity index is 1.17. The molecule has 0 radical (unpaired) electrons. The summed E-state index contributed by atoms with van der Waals surface area (Å²) in [7, 11) is 1.64. The van der Waals surface area contributed by atoms with Crippen LogP contribution in [0.15, 0.2) is 48.1 Å². The number of aliphatic hydroxyl groups excluding tert-OH is 1. The summed E-state index contributed by atoms with van der Waals surface area (Å²) < 4.78 is 5.43. The molecule has 9 aliphatic carbocycles. The van der Waals surface area contributed by atoms with Crippen LogP contribution in [-0.2, 0) is 0 Å². The van der Waals surface area contributed by atoms with Crippen molar-refractivity contribution in [2.75, 3.05) is 20.2 Å². The molecule has 11 atom stereocenters. The van der Waals surface area contributed by atoms with Crippen LogP contribution >= 0.6 is 0 Å². The Morgan fingerprint density at radius 1 is 0.941 bits per heavy atom. The van der Waals surface area contributed by atoms with Gasteiger partial charge in [0.05, 0.1) is 25.4 Å². The minimum atomic E-state index is -1.09. The van der Waals surface area contributed by atoms with Crippen LogP contribution in [0, 0.1) is 56.7 Å². The van der Waals surface area contributed by atoms with Crippen molar-refractivity contribution < 1.29 is 24.5 Å². The number of benzene rings is 1. The monoisotopic (exact) mass is 698 g/mol. The number of urea groups is 1. The van der Waals surface area contributed by atoms with E-state index in [2.05, 4.69) is 51.2 Å². The van der Waals surface area contributed by atoms with Crippen molar-refractivity contribution in [1.29, 1.82) is 0 Å². The van der Waals surface area contributed by atoms with Gasteiger partial charge in [-0.25, -0.2) is 4.79 Å². The van der Waals surface area contributed by atoms with Gasteiger partial charge in [0.25, 0.3) is 0 Å². The number of carbonyl (C=O) groups excluding carboxylic acids is 2. The maximum absolute atomic E-state index is 14.9. The summed E-state index contributed by atoms with van der Waals surface area (Å²) in [6.45, 7) is 14.5. The number of methoxy groups -OCH3 is 1. The fourth-order valence-corrected chi connectivity index (χ4v) is 13.8.